The van der Waals surface area contributed by atoms with Crippen LogP contribution in [0.25, 0.3) is 5.65 Å². The minimum absolute atomic E-state index is 0.658. The first-order valence-corrected chi connectivity index (χ1v) is 7.09. The summed E-state index contributed by atoms with van der Waals surface area (Å²) in [7, 11) is 0. The van der Waals surface area contributed by atoms with E-state index >= 15 is 0 Å². The van der Waals surface area contributed by atoms with Crippen LogP contribution in [0.4, 0.5) is 5.69 Å². The lowest BCUT2D eigenvalue weighted by Gasteiger charge is -2.19. The van der Waals surface area contributed by atoms with Gasteiger partial charge in [-0.2, -0.15) is 0 Å². The van der Waals surface area contributed by atoms with Crippen LogP contribution in [-0.4, -0.2) is 33.4 Å². The topological polar surface area (TPSA) is 46.6 Å². The summed E-state index contributed by atoms with van der Waals surface area (Å²) in [6, 6.07) is 4.54. The van der Waals surface area contributed by atoms with Crippen LogP contribution < -0.4 is 5.73 Å². The molecule has 0 spiro atoms. The third kappa shape index (κ3) is 2.59. The molecule has 19 heavy (non-hydrogen) atoms. The van der Waals surface area contributed by atoms with Crippen LogP contribution in [-0.2, 0) is 6.42 Å². The fraction of sp³-hybridized carbons (Fsp3) is 0.533. The highest BCUT2D eigenvalue weighted by molar-refractivity contribution is 5.48. The fourth-order valence-electron chi connectivity index (χ4n) is 2.95. The van der Waals surface area contributed by atoms with E-state index in [1.54, 1.807) is 0 Å². The van der Waals surface area contributed by atoms with Crippen molar-refractivity contribution in [2.24, 2.45) is 5.92 Å². The predicted molar refractivity (Wildman–Crippen MR) is 78.1 cm³/mol. The molecule has 0 amide bonds. The van der Waals surface area contributed by atoms with Crippen molar-refractivity contribution in [2.75, 3.05) is 18.8 Å². The second-order valence-corrected chi connectivity index (χ2v) is 5.91. The third-order valence-electron chi connectivity index (χ3n) is 4.07. The normalized spacial score (nSPS) is 20.7. The first-order chi connectivity index (χ1) is 9.11. The van der Waals surface area contributed by atoms with E-state index in [0.717, 1.165) is 23.7 Å². The number of aromatic nitrogens is 2. The molecular weight excluding hydrogens is 236 g/mol. The average Bonchev–Trinajstić information content (AvgIpc) is 2.95. The molecule has 1 aliphatic rings. The van der Waals surface area contributed by atoms with Crippen LogP contribution in [0.3, 0.4) is 0 Å². The van der Waals surface area contributed by atoms with Gasteiger partial charge in [-0.15, -0.1) is 0 Å². The molecule has 1 fully saturated rings. The Kier molecular flexibility index (Phi) is 3.19. The molecule has 1 atom stereocenters. The monoisotopic (exact) mass is 258 g/mol. The molecule has 3 heterocycles. The predicted octanol–water partition coefficient (Wildman–Crippen LogP) is 2.19. The van der Waals surface area contributed by atoms with Gasteiger partial charge in [0.05, 0.1) is 5.69 Å². The van der Waals surface area contributed by atoms with Crippen LogP contribution in [0.15, 0.2) is 24.5 Å². The van der Waals surface area contributed by atoms with E-state index in [-0.39, 0.29) is 0 Å². The smallest absolute Gasteiger partial charge is 0.137 e. The molecule has 0 bridgehead atoms. The van der Waals surface area contributed by atoms with Crippen molar-refractivity contribution in [3.8, 4) is 0 Å². The molecule has 1 aliphatic heterocycles. The lowest BCUT2D eigenvalue weighted by Crippen LogP contribution is -2.28. The van der Waals surface area contributed by atoms with Crippen molar-refractivity contribution >= 4 is 11.3 Å². The molecule has 0 aromatic carbocycles. The van der Waals surface area contributed by atoms with Crippen LogP contribution in [0.2, 0.25) is 0 Å². The van der Waals surface area contributed by atoms with Gasteiger partial charge in [-0.25, -0.2) is 4.98 Å². The van der Waals surface area contributed by atoms with Crippen molar-refractivity contribution in [1.82, 2.24) is 14.3 Å². The summed E-state index contributed by atoms with van der Waals surface area (Å²) < 4.78 is 2.03. The van der Waals surface area contributed by atoms with Gasteiger partial charge in [0.2, 0.25) is 0 Å². The zero-order valence-corrected chi connectivity index (χ0v) is 11.7. The van der Waals surface area contributed by atoms with Gasteiger partial charge in [0.25, 0.3) is 0 Å². The number of fused-ring (bicyclic) bond motifs is 1. The van der Waals surface area contributed by atoms with Crippen LogP contribution in [0.5, 0.6) is 0 Å². The fourth-order valence-corrected chi connectivity index (χ4v) is 2.95. The Balaban J connectivity index is 1.72. The first kappa shape index (κ1) is 12.5. The Morgan fingerprint density at radius 1 is 1.37 bits per heavy atom. The van der Waals surface area contributed by atoms with Gasteiger partial charge in [-0.3, -0.25) is 0 Å². The number of hydrogen-bond donors (Lipinski definition) is 1. The SMILES string of the molecule is CC(C)N1CCC(Cc2cn3cc(N)ccc3n2)C1. The second-order valence-electron chi connectivity index (χ2n) is 5.91. The van der Waals surface area contributed by atoms with Crippen LogP contribution in [0, 0.1) is 5.92 Å². The highest BCUT2D eigenvalue weighted by Crippen LogP contribution is 2.22. The van der Waals surface area contributed by atoms with Gasteiger partial charge in [0.15, 0.2) is 0 Å². The Bertz CT molecular complexity index is 573. The standard InChI is InChI=1S/C15H22N4/c1-11(2)18-6-5-12(8-18)7-14-10-19-9-13(16)3-4-15(19)17-14/h3-4,9-12H,5-8,16H2,1-2H3. The summed E-state index contributed by atoms with van der Waals surface area (Å²) in [5.41, 5.74) is 8.74. The highest BCUT2D eigenvalue weighted by atomic mass is 15.2. The molecule has 4 heteroatoms. The molecule has 102 valence electrons. The minimum Gasteiger partial charge on any atom is -0.398 e. The van der Waals surface area contributed by atoms with Crippen molar-refractivity contribution in [3.05, 3.63) is 30.2 Å². The Morgan fingerprint density at radius 2 is 2.21 bits per heavy atom. The maximum Gasteiger partial charge on any atom is 0.137 e. The van der Waals surface area contributed by atoms with Crippen molar-refractivity contribution < 1.29 is 0 Å². The van der Waals surface area contributed by atoms with E-state index < -0.39 is 0 Å². The zero-order chi connectivity index (χ0) is 13.4. The molecule has 1 saturated heterocycles. The van der Waals surface area contributed by atoms with E-state index in [1.807, 2.05) is 22.7 Å². The number of nitrogen functional groups attached to an aromatic ring is 1. The Labute approximate surface area is 114 Å². The van der Waals surface area contributed by atoms with Gasteiger partial charge in [-0.1, -0.05) is 0 Å². The molecule has 2 aromatic rings. The third-order valence-corrected chi connectivity index (χ3v) is 4.07. The summed E-state index contributed by atoms with van der Waals surface area (Å²) in [5.74, 6) is 0.740. The summed E-state index contributed by atoms with van der Waals surface area (Å²) in [4.78, 5) is 7.23. The number of anilines is 1. The molecule has 3 rings (SSSR count). The average molecular weight is 258 g/mol. The van der Waals surface area contributed by atoms with Gasteiger partial charge in [0, 0.05) is 30.7 Å². The number of nitrogens with two attached hydrogens (primary N) is 1. The Hall–Kier alpha value is -1.55. The van der Waals surface area contributed by atoms with Crippen molar-refractivity contribution in [3.63, 3.8) is 0 Å². The summed E-state index contributed by atoms with van der Waals surface area (Å²) in [6.45, 7) is 6.97. The molecule has 2 aromatic heterocycles. The molecule has 0 saturated carbocycles. The van der Waals surface area contributed by atoms with Gasteiger partial charge in [-0.05, 0) is 51.3 Å². The number of rotatable bonds is 3. The summed E-state index contributed by atoms with van der Waals surface area (Å²) >= 11 is 0. The van der Waals surface area contributed by atoms with Crippen molar-refractivity contribution in [1.29, 1.82) is 0 Å². The first-order valence-electron chi connectivity index (χ1n) is 7.09. The number of likely N-dealkylation sites (tertiary alicyclic amines) is 1. The molecule has 0 radical (unpaired) electrons. The van der Waals surface area contributed by atoms with Crippen LogP contribution in [0.1, 0.15) is 26.0 Å². The van der Waals surface area contributed by atoms with E-state index in [9.17, 15) is 0 Å². The zero-order valence-electron chi connectivity index (χ0n) is 11.7. The van der Waals surface area contributed by atoms with Gasteiger partial charge >= 0.3 is 0 Å². The maximum absolute atomic E-state index is 5.79. The number of nitrogens with zero attached hydrogens (tertiary/aromatic N) is 3. The Morgan fingerprint density at radius 3 is 2.95 bits per heavy atom. The van der Waals surface area contributed by atoms with Crippen molar-refractivity contribution in [2.45, 2.75) is 32.7 Å². The molecular formula is C15H22N4. The summed E-state index contributed by atoms with van der Waals surface area (Å²) in [6.07, 6.45) is 6.41. The number of hydrogen-bond acceptors (Lipinski definition) is 3. The molecule has 4 nitrogen and oxygen atoms in total. The lowest BCUT2D eigenvalue weighted by atomic mass is 10.0. The second kappa shape index (κ2) is 4.85. The quantitative estimate of drug-likeness (QED) is 0.918. The van der Waals surface area contributed by atoms with E-state index in [2.05, 4.69) is 29.9 Å². The van der Waals surface area contributed by atoms with Gasteiger partial charge in [0.1, 0.15) is 5.65 Å². The van der Waals surface area contributed by atoms with E-state index in [1.165, 1.54) is 25.2 Å². The number of imidazole rings is 1. The van der Waals surface area contributed by atoms with E-state index in [4.69, 9.17) is 5.73 Å². The minimum atomic E-state index is 0.658. The molecule has 1 unspecified atom stereocenters. The molecule has 2 N–H and O–H groups in total. The lowest BCUT2D eigenvalue weighted by molar-refractivity contribution is 0.265. The largest absolute Gasteiger partial charge is 0.398 e. The molecule has 0 aliphatic carbocycles. The summed E-state index contributed by atoms with van der Waals surface area (Å²) in [5, 5.41) is 0. The van der Waals surface area contributed by atoms with E-state index in [0.29, 0.717) is 6.04 Å². The maximum atomic E-state index is 5.79. The van der Waals surface area contributed by atoms with Gasteiger partial charge < -0.3 is 15.0 Å². The van der Waals surface area contributed by atoms with Crippen LogP contribution >= 0.6 is 0 Å². The number of pyridine rings is 1. The highest BCUT2D eigenvalue weighted by Gasteiger charge is 2.24.